The molecular formula is C27H26N4O. The molecule has 0 aliphatic rings. The van der Waals surface area contributed by atoms with Crippen molar-refractivity contribution in [2.24, 2.45) is 0 Å². The molecule has 5 rings (SSSR count). The van der Waals surface area contributed by atoms with E-state index in [0.29, 0.717) is 18.9 Å². The molecule has 0 unspecified atom stereocenters. The lowest BCUT2D eigenvalue weighted by molar-refractivity contribution is 0.0909. The van der Waals surface area contributed by atoms with Gasteiger partial charge in [-0.05, 0) is 53.3 Å². The Hall–Kier alpha value is -3.86. The highest BCUT2D eigenvalue weighted by molar-refractivity contribution is 5.93. The molecule has 3 aromatic carbocycles. The standard InChI is InChI=1S/C27H26N4O/c1-2-8-26(32)31-25-12-7-6-11-23(25)29-27(31)28-18-21-13-14-24-22(17-21)15-16-30(24)19-20-9-4-3-5-10-20/h3-7,9-17H,2,8,18-19H2,1H3,(H,28,29). The molecule has 0 fully saturated rings. The molecule has 0 spiro atoms. The van der Waals surface area contributed by atoms with E-state index in [2.05, 4.69) is 69.6 Å². The first kappa shape index (κ1) is 20.1. The molecule has 0 amide bonds. The summed E-state index contributed by atoms with van der Waals surface area (Å²) in [6, 6.07) is 26.9. The SMILES string of the molecule is CCCC(=O)n1c(NCc2ccc3c(ccn3Cc3ccccc3)c2)nc2ccccc21. The highest BCUT2D eigenvalue weighted by atomic mass is 16.2. The number of hydrogen-bond acceptors (Lipinski definition) is 3. The lowest BCUT2D eigenvalue weighted by Crippen LogP contribution is -2.14. The molecule has 2 heterocycles. The number of fused-ring (bicyclic) bond motifs is 2. The summed E-state index contributed by atoms with van der Waals surface area (Å²) >= 11 is 0. The first-order chi connectivity index (χ1) is 15.7. The van der Waals surface area contributed by atoms with Gasteiger partial charge in [-0.3, -0.25) is 4.79 Å². The molecule has 1 N–H and O–H groups in total. The number of nitrogens with one attached hydrogen (secondary N) is 1. The van der Waals surface area contributed by atoms with E-state index in [1.54, 1.807) is 4.57 Å². The normalized spacial score (nSPS) is 11.3. The van der Waals surface area contributed by atoms with E-state index in [4.69, 9.17) is 0 Å². The third-order valence-corrected chi connectivity index (χ3v) is 5.76. The second-order valence-corrected chi connectivity index (χ2v) is 8.08. The number of anilines is 1. The molecule has 0 atom stereocenters. The van der Waals surface area contributed by atoms with Gasteiger partial charge in [-0.15, -0.1) is 0 Å². The summed E-state index contributed by atoms with van der Waals surface area (Å²) in [6.07, 6.45) is 3.44. The molecule has 0 bridgehead atoms. The number of carbonyl (C=O) groups is 1. The zero-order valence-corrected chi connectivity index (χ0v) is 18.2. The van der Waals surface area contributed by atoms with Crippen molar-refractivity contribution in [1.29, 1.82) is 0 Å². The van der Waals surface area contributed by atoms with Gasteiger partial charge in [-0.2, -0.15) is 0 Å². The number of hydrogen-bond donors (Lipinski definition) is 1. The van der Waals surface area contributed by atoms with Crippen LogP contribution in [0.5, 0.6) is 0 Å². The van der Waals surface area contributed by atoms with Gasteiger partial charge in [0.1, 0.15) is 0 Å². The number of rotatable bonds is 7. The predicted molar refractivity (Wildman–Crippen MR) is 130 cm³/mol. The summed E-state index contributed by atoms with van der Waals surface area (Å²) in [4.78, 5) is 17.4. The largest absolute Gasteiger partial charge is 0.351 e. The number of carbonyl (C=O) groups excluding carboxylic acids is 1. The average molecular weight is 423 g/mol. The van der Waals surface area contributed by atoms with Crippen LogP contribution in [0.15, 0.2) is 85.1 Å². The van der Waals surface area contributed by atoms with Crippen molar-refractivity contribution in [1.82, 2.24) is 14.1 Å². The maximum absolute atomic E-state index is 12.8. The Morgan fingerprint density at radius 2 is 1.72 bits per heavy atom. The Kier molecular flexibility index (Phi) is 5.46. The minimum atomic E-state index is 0.0668. The van der Waals surface area contributed by atoms with Gasteiger partial charge in [0.2, 0.25) is 11.9 Å². The van der Waals surface area contributed by atoms with Crippen molar-refractivity contribution in [2.75, 3.05) is 5.32 Å². The van der Waals surface area contributed by atoms with Crippen LogP contribution in [0.25, 0.3) is 21.9 Å². The second kappa shape index (κ2) is 8.71. The molecule has 0 aliphatic carbocycles. The van der Waals surface area contributed by atoms with Crippen LogP contribution in [-0.2, 0) is 13.1 Å². The number of aromatic nitrogens is 3. The van der Waals surface area contributed by atoms with Gasteiger partial charge in [0.25, 0.3) is 0 Å². The summed E-state index contributed by atoms with van der Waals surface area (Å²) in [6.45, 7) is 3.47. The van der Waals surface area contributed by atoms with Crippen LogP contribution in [-0.4, -0.2) is 20.0 Å². The quantitative estimate of drug-likeness (QED) is 0.345. The summed E-state index contributed by atoms with van der Waals surface area (Å²) in [7, 11) is 0. The topological polar surface area (TPSA) is 51.9 Å². The van der Waals surface area contributed by atoms with E-state index in [9.17, 15) is 4.79 Å². The van der Waals surface area contributed by atoms with Crippen LogP contribution in [0.3, 0.4) is 0 Å². The van der Waals surface area contributed by atoms with E-state index < -0.39 is 0 Å². The zero-order chi connectivity index (χ0) is 21.9. The number of benzene rings is 3. The summed E-state index contributed by atoms with van der Waals surface area (Å²) in [5.41, 5.74) is 5.32. The molecule has 160 valence electrons. The summed E-state index contributed by atoms with van der Waals surface area (Å²) in [5, 5.41) is 4.60. The average Bonchev–Trinajstić information content (AvgIpc) is 3.39. The van der Waals surface area contributed by atoms with Gasteiger partial charge in [0.15, 0.2) is 0 Å². The van der Waals surface area contributed by atoms with Gasteiger partial charge < -0.3 is 9.88 Å². The predicted octanol–water partition coefficient (Wildman–Crippen LogP) is 6.09. The van der Waals surface area contributed by atoms with E-state index in [0.717, 1.165) is 29.6 Å². The molecule has 5 heteroatoms. The van der Waals surface area contributed by atoms with E-state index in [1.807, 2.05) is 37.3 Å². The maximum Gasteiger partial charge on any atom is 0.233 e. The van der Waals surface area contributed by atoms with Gasteiger partial charge >= 0.3 is 0 Å². The minimum absolute atomic E-state index is 0.0668. The van der Waals surface area contributed by atoms with Crippen LogP contribution < -0.4 is 5.32 Å². The lowest BCUT2D eigenvalue weighted by Gasteiger charge is -2.10. The van der Waals surface area contributed by atoms with Gasteiger partial charge in [0, 0.05) is 31.2 Å². The molecule has 0 saturated heterocycles. The van der Waals surface area contributed by atoms with Gasteiger partial charge in [0.05, 0.1) is 11.0 Å². The van der Waals surface area contributed by atoms with Crippen molar-refractivity contribution in [3.05, 3.63) is 96.2 Å². The Balaban J connectivity index is 1.38. The summed E-state index contributed by atoms with van der Waals surface area (Å²) in [5.74, 6) is 0.670. The molecular weight excluding hydrogens is 396 g/mol. The Morgan fingerprint density at radius 3 is 2.56 bits per heavy atom. The van der Waals surface area contributed by atoms with E-state index in [1.165, 1.54) is 16.5 Å². The highest BCUT2D eigenvalue weighted by Crippen LogP contribution is 2.23. The van der Waals surface area contributed by atoms with Crippen LogP contribution in [0.4, 0.5) is 5.95 Å². The third-order valence-electron chi connectivity index (χ3n) is 5.76. The zero-order valence-electron chi connectivity index (χ0n) is 18.2. The van der Waals surface area contributed by atoms with E-state index >= 15 is 0 Å². The molecule has 0 aliphatic heterocycles. The van der Waals surface area contributed by atoms with Crippen LogP contribution in [0.2, 0.25) is 0 Å². The third kappa shape index (κ3) is 3.89. The van der Waals surface area contributed by atoms with Crippen molar-refractivity contribution in [3.63, 3.8) is 0 Å². The van der Waals surface area contributed by atoms with Gasteiger partial charge in [-0.25, -0.2) is 9.55 Å². The number of para-hydroxylation sites is 2. The Morgan fingerprint density at radius 1 is 0.906 bits per heavy atom. The fourth-order valence-electron chi connectivity index (χ4n) is 4.18. The maximum atomic E-state index is 12.8. The fraction of sp³-hybridized carbons (Fsp3) is 0.185. The lowest BCUT2D eigenvalue weighted by atomic mass is 10.1. The highest BCUT2D eigenvalue weighted by Gasteiger charge is 2.16. The smallest absolute Gasteiger partial charge is 0.233 e. The Bertz CT molecular complexity index is 1380. The molecule has 0 saturated carbocycles. The first-order valence-corrected chi connectivity index (χ1v) is 11.1. The molecule has 32 heavy (non-hydrogen) atoms. The monoisotopic (exact) mass is 422 g/mol. The van der Waals surface area contributed by atoms with Gasteiger partial charge in [-0.1, -0.05) is 55.5 Å². The van der Waals surface area contributed by atoms with Crippen molar-refractivity contribution < 1.29 is 4.79 Å². The molecule has 0 radical (unpaired) electrons. The molecule has 2 aromatic heterocycles. The molecule has 5 aromatic rings. The minimum Gasteiger partial charge on any atom is -0.351 e. The fourth-order valence-corrected chi connectivity index (χ4v) is 4.18. The number of imidazole rings is 1. The second-order valence-electron chi connectivity index (χ2n) is 8.08. The molecule has 5 nitrogen and oxygen atoms in total. The first-order valence-electron chi connectivity index (χ1n) is 11.1. The van der Waals surface area contributed by atoms with Crippen LogP contribution >= 0.6 is 0 Å². The summed E-state index contributed by atoms with van der Waals surface area (Å²) < 4.78 is 3.98. The number of nitrogens with zero attached hydrogens (tertiary/aromatic N) is 3. The van der Waals surface area contributed by atoms with Crippen molar-refractivity contribution in [2.45, 2.75) is 32.9 Å². The van der Waals surface area contributed by atoms with Crippen molar-refractivity contribution >= 4 is 33.8 Å². The van der Waals surface area contributed by atoms with E-state index in [-0.39, 0.29) is 5.91 Å². The van der Waals surface area contributed by atoms with Crippen LogP contribution in [0, 0.1) is 0 Å². The Labute approximate surface area is 187 Å². The van der Waals surface area contributed by atoms with Crippen LogP contribution in [0.1, 0.15) is 35.7 Å². The van der Waals surface area contributed by atoms with Crippen molar-refractivity contribution in [3.8, 4) is 0 Å².